The van der Waals surface area contributed by atoms with E-state index in [9.17, 15) is 0 Å². The Morgan fingerprint density at radius 3 is 3.11 bits per heavy atom. The lowest BCUT2D eigenvalue weighted by atomic mass is 9.91. The zero-order chi connectivity index (χ0) is 13.0. The van der Waals surface area contributed by atoms with E-state index in [-0.39, 0.29) is 6.04 Å². The first kappa shape index (κ1) is 13.6. The molecule has 0 amide bonds. The molecule has 4 heteroatoms. The highest BCUT2D eigenvalue weighted by molar-refractivity contribution is 5.02. The van der Waals surface area contributed by atoms with Crippen LogP contribution in [0, 0.1) is 5.92 Å². The Bertz CT molecular complexity index is 358. The van der Waals surface area contributed by atoms with Crippen molar-refractivity contribution >= 4 is 0 Å². The first-order chi connectivity index (χ1) is 8.70. The van der Waals surface area contributed by atoms with Crippen LogP contribution in [0.2, 0.25) is 0 Å². The molecule has 0 bridgehead atoms. The van der Waals surface area contributed by atoms with Crippen LogP contribution in [0.3, 0.4) is 0 Å². The molecule has 0 spiro atoms. The molecule has 0 aliphatic carbocycles. The van der Waals surface area contributed by atoms with E-state index in [1.165, 1.54) is 6.42 Å². The molecule has 0 radical (unpaired) electrons. The van der Waals surface area contributed by atoms with Crippen LogP contribution in [0.4, 0.5) is 0 Å². The lowest BCUT2D eigenvalue weighted by molar-refractivity contribution is 0.0448. The van der Waals surface area contributed by atoms with Gasteiger partial charge < -0.3 is 10.5 Å². The van der Waals surface area contributed by atoms with Crippen LogP contribution in [0.5, 0.6) is 0 Å². The standard InChI is InChI=1S/C14H25N3O/c1-3-11(2)17-7-6-13(16-17)9-14(15)12-5-4-8-18-10-12/h6-7,11-12,14H,3-5,8-10,15H2,1-2H3. The van der Waals surface area contributed by atoms with Gasteiger partial charge in [0.2, 0.25) is 0 Å². The summed E-state index contributed by atoms with van der Waals surface area (Å²) in [4.78, 5) is 0. The van der Waals surface area contributed by atoms with E-state index >= 15 is 0 Å². The summed E-state index contributed by atoms with van der Waals surface area (Å²) in [6.45, 7) is 6.07. The summed E-state index contributed by atoms with van der Waals surface area (Å²) in [6, 6.07) is 2.73. The molecule has 1 aromatic heterocycles. The van der Waals surface area contributed by atoms with E-state index in [1.807, 2.05) is 4.68 Å². The molecule has 1 fully saturated rings. The van der Waals surface area contributed by atoms with Crippen molar-refractivity contribution in [2.75, 3.05) is 13.2 Å². The third kappa shape index (κ3) is 3.33. The maximum atomic E-state index is 6.27. The minimum Gasteiger partial charge on any atom is -0.381 e. The monoisotopic (exact) mass is 251 g/mol. The topological polar surface area (TPSA) is 53.1 Å². The lowest BCUT2D eigenvalue weighted by Crippen LogP contribution is -2.37. The zero-order valence-corrected chi connectivity index (χ0v) is 11.5. The van der Waals surface area contributed by atoms with Gasteiger partial charge in [-0.1, -0.05) is 6.92 Å². The molecule has 102 valence electrons. The second-order valence-electron chi connectivity index (χ2n) is 5.39. The van der Waals surface area contributed by atoms with Crippen molar-refractivity contribution in [2.45, 2.75) is 51.6 Å². The van der Waals surface area contributed by atoms with E-state index in [0.717, 1.165) is 38.2 Å². The molecular formula is C14H25N3O. The van der Waals surface area contributed by atoms with Gasteiger partial charge in [-0.05, 0) is 38.2 Å². The van der Waals surface area contributed by atoms with Gasteiger partial charge in [0.1, 0.15) is 0 Å². The molecular weight excluding hydrogens is 226 g/mol. The van der Waals surface area contributed by atoms with Crippen LogP contribution < -0.4 is 5.73 Å². The van der Waals surface area contributed by atoms with Gasteiger partial charge in [0.15, 0.2) is 0 Å². The van der Waals surface area contributed by atoms with Gasteiger partial charge in [0, 0.05) is 31.3 Å². The Balaban J connectivity index is 1.90. The van der Waals surface area contributed by atoms with E-state index in [1.54, 1.807) is 0 Å². The third-order valence-electron chi connectivity index (χ3n) is 3.95. The Hall–Kier alpha value is -0.870. The minimum absolute atomic E-state index is 0.172. The number of aromatic nitrogens is 2. The molecule has 2 heterocycles. The van der Waals surface area contributed by atoms with Gasteiger partial charge in [-0.15, -0.1) is 0 Å². The molecule has 18 heavy (non-hydrogen) atoms. The number of nitrogens with two attached hydrogens (primary N) is 1. The Morgan fingerprint density at radius 2 is 2.44 bits per heavy atom. The van der Waals surface area contributed by atoms with Gasteiger partial charge in [-0.2, -0.15) is 5.10 Å². The molecule has 0 aromatic carbocycles. The first-order valence-electron chi connectivity index (χ1n) is 7.08. The molecule has 4 nitrogen and oxygen atoms in total. The molecule has 1 aromatic rings. The van der Waals surface area contributed by atoms with Crippen molar-refractivity contribution in [3.63, 3.8) is 0 Å². The maximum absolute atomic E-state index is 6.27. The fourth-order valence-corrected chi connectivity index (χ4v) is 2.43. The van der Waals surface area contributed by atoms with Crippen LogP contribution in [0.1, 0.15) is 44.8 Å². The van der Waals surface area contributed by atoms with Crippen molar-refractivity contribution < 1.29 is 4.74 Å². The molecule has 1 aliphatic heterocycles. The van der Waals surface area contributed by atoms with Crippen molar-refractivity contribution in [1.29, 1.82) is 0 Å². The smallest absolute Gasteiger partial charge is 0.0640 e. The average molecular weight is 251 g/mol. The normalized spacial score (nSPS) is 23.8. The number of hydrogen-bond donors (Lipinski definition) is 1. The second-order valence-corrected chi connectivity index (χ2v) is 5.39. The fourth-order valence-electron chi connectivity index (χ4n) is 2.43. The Kier molecular flexibility index (Phi) is 4.78. The van der Waals surface area contributed by atoms with Crippen LogP contribution in [0.25, 0.3) is 0 Å². The first-order valence-corrected chi connectivity index (χ1v) is 7.08. The SMILES string of the molecule is CCC(C)n1ccc(CC(N)C2CCCOC2)n1. The van der Waals surface area contributed by atoms with Crippen molar-refractivity contribution in [1.82, 2.24) is 9.78 Å². The summed E-state index contributed by atoms with van der Waals surface area (Å²) in [6.07, 6.45) is 6.35. The fraction of sp³-hybridized carbons (Fsp3) is 0.786. The second kappa shape index (κ2) is 6.34. The zero-order valence-electron chi connectivity index (χ0n) is 11.5. The van der Waals surface area contributed by atoms with Crippen LogP contribution in [0.15, 0.2) is 12.3 Å². The quantitative estimate of drug-likeness (QED) is 0.872. The van der Waals surface area contributed by atoms with Crippen molar-refractivity contribution in [3.05, 3.63) is 18.0 Å². The van der Waals surface area contributed by atoms with E-state index in [4.69, 9.17) is 10.5 Å². The van der Waals surface area contributed by atoms with Gasteiger partial charge in [0.25, 0.3) is 0 Å². The summed E-state index contributed by atoms with van der Waals surface area (Å²) in [5, 5.41) is 4.61. The predicted molar refractivity (Wildman–Crippen MR) is 72.5 cm³/mol. The van der Waals surface area contributed by atoms with E-state index in [0.29, 0.717) is 12.0 Å². The molecule has 2 N–H and O–H groups in total. The summed E-state index contributed by atoms with van der Waals surface area (Å²) < 4.78 is 7.54. The van der Waals surface area contributed by atoms with Gasteiger partial charge in [-0.25, -0.2) is 0 Å². The molecule has 3 atom stereocenters. The van der Waals surface area contributed by atoms with Gasteiger partial charge in [-0.3, -0.25) is 4.68 Å². The Morgan fingerprint density at radius 1 is 1.61 bits per heavy atom. The number of nitrogens with zero attached hydrogens (tertiary/aromatic N) is 2. The van der Waals surface area contributed by atoms with Crippen molar-refractivity contribution in [3.8, 4) is 0 Å². The highest BCUT2D eigenvalue weighted by Gasteiger charge is 2.22. The van der Waals surface area contributed by atoms with Crippen LogP contribution in [-0.4, -0.2) is 29.0 Å². The average Bonchev–Trinajstić information content (AvgIpc) is 2.87. The summed E-state index contributed by atoms with van der Waals surface area (Å²) in [5.74, 6) is 0.493. The summed E-state index contributed by atoms with van der Waals surface area (Å²) in [7, 11) is 0. The van der Waals surface area contributed by atoms with Crippen molar-refractivity contribution in [2.24, 2.45) is 11.7 Å². The molecule has 2 rings (SSSR count). The maximum Gasteiger partial charge on any atom is 0.0640 e. The van der Waals surface area contributed by atoms with Crippen LogP contribution in [-0.2, 0) is 11.2 Å². The Labute approximate surface area is 110 Å². The number of ether oxygens (including phenoxy) is 1. The van der Waals surface area contributed by atoms with Gasteiger partial charge >= 0.3 is 0 Å². The summed E-state index contributed by atoms with van der Waals surface area (Å²) >= 11 is 0. The van der Waals surface area contributed by atoms with E-state index in [2.05, 4.69) is 31.2 Å². The third-order valence-corrected chi connectivity index (χ3v) is 3.95. The number of hydrogen-bond acceptors (Lipinski definition) is 3. The minimum atomic E-state index is 0.172. The predicted octanol–water partition coefficient (Wildman–Crippen LogP) is 2.15. The van der Waals surface area contributed by atoms with Gasteiger partial charge in [0.05, 0.1) is 12.3 Å². The molecule has 0 saturated carbocycles. The highest BCUT2D eigenvalue weighted by atomic mass is 16.5. The number of rotatable bonds is 5. The molecule has 3 unspecified atom stereocenters. The lowest BCUT2D eigenvalue weighted by Gasteiger charge is -2.27. The largest absolute Gasteiger partial charge is 0.381 e. The molecule has 1 saturated heterocycles. The van der Waals surface area contributed by atoms with E-state index < -0.39 is 0 Å². The highest BCUT2D eigenvalue weighted by Crippen LogP contribution is 2.19. The van der Waals surface area contributed by atoms with Crippen LogP contribution >= 0.6 is 0 Å². The molecule has 1 aliphatic rings. The summed E-state index contributed by atoms with van der Waals surface area (Å²) in [5.41, 5.74) is 7.37.